The number of ether oxygens (including phenoxy) is 1. The van der Waals surface area contributed by atoms with Crippen LogP contribution in [-0.4, -0.2) is 34.9 Å². The molecule has 0 radical (unpaired) electrons. The summed E-state index contributed by atoms with van der Waals surface area (Å²) in [5, 5.41) is 2.48. The highest BCUT2D eigenvalue weighted by molar-refractivity contribution is 7.09. The van der Waals surface area contributed by atoms with Crippen molar-refractivity contribution in [2.45, 2.75) is 39.7 Å². The van der Waals surface area contributed by atoms with Crippen LogP contribution in [0, 0.1) is 5.92 Å². The Morgan fingerprint density at radius 3 is 2.80 bits per heavy atom. The second kappa shape index (κ2) is 6.83. The van der Waals surface area contributed by atoms with Crippen molar-refractivity contribution in [3.05, 3.63) is 16.1 Å². The van der Waals surface area contributed by atoms with Crippen LogP contribution in [0.15, 0.2) is 5.38 Å². The number of thiazole rings is 1. The van der Waals surface area contributed by atoms with Gasteiger partial charge in [0.15, 0.2) is 5.69 Å². The van der Waals surface area contributed by atoms with Gasteiger partial charge in [0.25, 0.3) is 0 Å². The van der Waals surface area contributed by atoms with Crippen molar-refractivity contribution in [2.24, 2.45) is 5.92 Å². The van der Waals surface area contributed by atoms with E-state index in [1.54, 1.807) is 12.3 Å². The van der Waals surface area contributed by atoms with E-state index in [0.29, 0.717) is 18.8 Å². The fourth-order valence-corrected chi connectivity index (χ4v) is 2.75. The second-order valence-electron chi connectivity index (χ2n) is 4.88. The Hall–Kier alpha value is -1.43. The fraction of sp³-hybridized carbons (Fsp3) is 0.643. The first-order valence-electron chi connectivity index (χ1n) is 7.06. The summed E-state index contributed by atoms with van der Waals surface area (Å²) >= 11 is 1.40. The van der Waals surface area contributed by atoms with E-state index in [1.165, 1.54) is 11.3 Å². The molecule has 0 bridgehead atoms. The third kappa shape index (κ3) is 3.79. The Balaban J connectivity index is 1.99. The van der Waals surface area contributed by atoms with E-state index in [9.17, 15) is 9.59 Å². The topological polar surface area (TPSA) is 59.5 Å². The normalized spacial score (nSPS) is 14.1. The number of rotatable bonds is 7. The Kier molecular flexibility index (Phi) is 5.11. The predicted molar refractivity (Wildman–Crippen MR) is 76.5 cm³/mol. The number of nitrogens with zero attached hydrogens (tertiary/aromatic N) is 2. The van der Waals surface area contributed by atoms with Crippen LogP contribution in [0.1, 0.15) is 48.6 Å². The minimum atomic E-state index is -0.398. The molecule has 6 heteroatoms. The standard InChI is InChI=1S/C14H20N2O3S/c1-3-7-16(13(17)10-5-6-10)8-12-15-11(9-20-12)14(18)19-4-2/h9-10H,3-8H2,1-2H3. The quantitative estimate of drug-likeness (QED) is 0.725. The predicted octanol–water partition coefficient (Wildman–Crippen LogP) is 2.47. The molecule has 110 valence electrons. The molecule has 1 aliphatic carbocycles. The molecule has 1 saturated carbocycles. The molecule has 0 atom stereocenters. The molecule has 0 aliphatic heterocycles. The Morgan fingerprint density at radius 1 is 1.45 bits per heavy atom. The van der Waals surface area contributed by atoms with Crippen LogP contribution in [0.2, 0.25) is 0 Å². The lowest BCUT2D eigenvalue weighted by Crippen LogP contribution is -2.32. The van der Waals surface area contributed by atoms with Gasteiger partial charge in [-0.1, -0.05) is 6.92 Å². The molecule has 0 saturated heterocycles. The molecule has 1 aliphatic rings. The minimum Gasteiger partial charge on any atom is -0.461 e. The molecule has 0 N–H and O–H groups in total. The highest BCUT2D eigenvalue weighted by atomic mass is 32.1. The first-order valence-corrected chi connectivity index (χ1v) is 7.94. The number of aromatic nitrogens is 1. The molecule has 5 nitrogen and oxygen atoms in total. The van der Waals surface area contributed by atoms with Gasteiger partial charge in [-0.2, -0.15) is 0 Å². The molecular formula is C14H20N2O3S. The zero-order valence-electron chi connectivity index (χ0n) is 11.9. The number of amides is 1. The molecule has 1 heterocycles. The van der Waals surface area contributed by atoms with Crippen LogP contribution in [0.3, 0.4) is 0 Å². The van der Waals surface area contributed by atoms with Gasteiger partial charge >= 0.3 is 5.97 Å². The van der Waals surface area contributed by atoms with E-state index in [2.05, 4.69) is 11.9 Å². The molecule has 0 aromatic carbocycles. The summed E-state index contributed by atoms with van der Waals surface area (Å²) < 4.78 is 4.91. The zero-order chi connectivity index (χ0) is 14.5. The summed E-state index contributed by atoms with van der Waals surface area (Å²) in [6.45, 7) is 5.40. The van der Waals surface area contributed by atoms with E-state index in [-0.39, 0.29) is 11.8 Å². The van der Waals surface area contributed by atoms with Crippen molar-refractivity contribution < 1.29 is 14.3 Å². The summed E-state index contributed by atoms with van der Waals surface area (Å²) in [7, 11) is 0. The Bertz CT molecular complexity index is 483. The molecule has 20 heavy (non-hydrogen) atoms. The van der Waals surface area contributed by atoms with Gasteiger partial charge in [0.2, 0.25) is 5.91 Å². The van der Waals surface area contributed by atoms with Crippen LogP contribution in [0.5, 0.6) is 0 Å². The highest BCUT2D eigenvalue weighted by Crippen LogP contribution is 2.31. The first kappa shape index (κ1) is 15.0. The van der Waals surface area contributed by atoms with Gasteiger partial charge in [-0.15, -0.1) is 11.3 Å². The van der Waals surface area contributed by atoms with E-state index in [1.807, 2.05) is 4.90 Å². The SMILES string of the molecule is CCCN(Cc1nc(C(=O)OCC)cs1)C(=O)C1CC1. The van der Waals surface area contributed by atoms with Gasteiger partial charge in [-0.25, -0.2) is 9.78 Å². The lowest BCUT2D eigenvalue weighted by molar-refractivity contribution is -0.133. The number of carbonyl (C=O) groups is 2. The van der Waals surface area contributed by atoms with E-state index in [0.717, 1.165) is 30.8 Å². The number of hydrogen-bond donors (Lipinski definition) is 0. The third-order valence-electron chi connectivity index (χ3n) is 3.09. The number of carbonyl (C=O) groups excluding carboxylic acids is 2. The lowest BCUT2D eigenvalue weighted by atomic mass is 10.3. The average Bonchev–Trinajstić information content (AvgIpc) is 3.17. The van der Waals surface area contributed by atoms with Crippen LogP contribution in [0.25, 0.3) is 0 Å². The Labute approximate surface area is 122 Å². The van der Waals surface area contributed by atoms with Crippen molar-refractivity contribution in [2.75, 3.05) is 13.2 Å². The van der Waals surface area contributed by atoms with Gasteiger partial charge in [-0.05, 0) is 26.2 Å². The maximum Gasteiger partial charge on any atom is 0.357 e. The molecular weight excluding hydrogens is 276 g/mol. The maximum absolute atomic E-state index is 12.2. The number of hydrogen-bond acceptors (Lipinski definition) is 5. The van der Waals surface area contributed by atoms with Crippen molar-refractivity contribution in [1.29, 1.82) is 0 Å². The largest absolute Gasteiger partial charge is 0.461 e. The second-order valence-corrected chi connectivity index (χ2v) is 5.82. The first-order chi connectivity index (χ1) is 9.65. The number of esters is 1. The van der Waals surface area contributed by atoms with Crippen molar-refractivity contribution in [3.63, 3.8) is 0 Å². The summed E-state index contributed by atoms with van der Waals surface area (Å²) in [5.74, 6) is 0.0383. The molecule has 0 unspecified atom stereocenters. The summed E-state index contributed by atoms with van der Waals surface area (Å²) in [6, 6.07) is 0. The Morgan fingerprint density at radius 2 is 2.20 bits per heavy atom. The van der Waals surface area contributed by atoms with Gasteiger partial charge < -0.3 is 9.64 Å². The molecule has 1 aromatic rings. The third-order valence-corrected chi connectivity index (χ3v) is 3.93. The monoisotopic (exact) mass is 296 g/mol. The lowest BCUT2D eigenvalue weighted by Gasteiger charge is -2.20. The van der Waals surface area contributed by atoms with E-state index < -0.39 is 5.97 Å². The molecule has 1 amide bonds. The van der Waals surface area contributed by atoms with Gasteiger partial charge in [0, 0.05) is 17.8 Å². The van der Waals surface area contributed by atoms with Crippen molar-refractivity contribution in [3.8, 4) is 0 Å². The fourth-order valence-electron chi connectivity index (χ4n) is 1.97. The van der Waals surface area contributed by atoms with Gasteiger partial charge in [0.1, 0.15) is 5.01 Å². The molecule has 1 aromatic heterocycles. The van der Waals surface area contributed by atoms with Crippen LogP contribution < -0.4 is 0 Å². The summed E-state index contributed by atoms with van der Waals surface area (Å²) in [5.41, 5.74) is 0.335. The smallest absolute Gasteiger partial charge is 0.357 e. The zero-order valence-corrected chi connectivity index (χ0v) is 12.7. The minimum absolute atomic E-state index is 0.214. The molecule has 2 rings (SSSR count). The van der Waals surface area contributed by atoms with Crippen LogP contribution >= 0.6 is 11.3 Å². The van der Waals surface area contributed by atoms with Crippen LogP contribution in [-0.2, 0) is 16.1 Å². The van der Waals surface area contributed by atoms with Crippen molar-refractivity contribution in [1.82, 2.24) is 9.88 Å². The van der Waals surface area contributed by atoms with E-state index in [4.69, 9.17) is 4.74 Å². The van der Waals surface area contributed by atoms with Crippen molar-refractivity contribution >= 4 is 23.2 Å². The van der Waals surface area contributed by atoms with Gasteiger partial charge in [0.05, 0.1) is 13.2 Å². The molecule has 1 fully saturated rings. The summed E-state index contributed by atoms with van der Waals surface area (Å²) in [6.07, 6.45) is 2.94. The van der Waals surface area contributed by atoms with E-state index >= 15 is 0 Å². The average molecular weight is 296 g/mol. The summed E-state index contributed by atoms with van der Waals surface area (Å²) in [4.78, 5) is 29.8. The highest BCUT2D eigenvalue weighted by Gasteiger charge is 2.33. The van der Waals surface area contributed by atoms with Crippen LogP contribution in [0.4, 0.5) is 0 Å². The van der Waals surface area contributed by atoms with Gasteiger partial charge in [-0.3, -0.25) is 4.79 Å². The maximum atomic E-state index is 12.2. The molecule has 0 spiro atoms.